The third-order valence-electron chi connectivity index (χ3n) is 5.18. The normalized spacial score (nSPS) is 13.5. The Bertz CT molecular complexity index is 1090. The van der Waals surface area contributed by atoms with E-state index in [-0.39, 0.29) is 16.9 Å². The first-order valence-electron chi connectivity index (χ1n) is 10.6. The second-order valence-electron chi connectivity index (χ2n) is 7.46. The lowest BCUT2D eigenvalue weighted by Crippen LogP contribution is -2.25. The van der Waals surface area contributed by atoms with Crippen molar-refractivity contribution in [1.82, 2.24) is 25.1 Å². The van der Waals surface area contributed by atoms with E-state index < -0.39 is 11.8 Å². The molecular formula is C22H25N7O4. The second-order valence-corrected chi connectivity index (χ2v) is 7.46. The number of carbonyl (C=O) groups excluding carboxylic acids is 2. The number of nitrogens with one attached hydrogen (secondary N) is 3. The van der Waals surface area contributed by atoms with Crippen LogP contribution in [0.25, 0.3) is 0 Å². The second kappa shape index (κ2) is 10.6. The summed E-state index contributed by atoms with van der Waals surface area (Å²) in [7, 11) is 1.49. The SMILES string of the molecule is COc1cncc(C(=O)Nc2cn[nH]c2C(=O)Nc2ccc(OCCN3CCCC3)nc2)c1. The first-order chi connectivity index (χ1) is 16.1. The van der Waals surface area contributed by atoms with Crippen molar-refractivity contribution in [2.45, 2.75) is 12.8 Å². The number of ether oxygens (including phenoxy) is 2. The third kappa shape index (κ3) is 5.83. The van der Waals surface area contributed by atoms with Crippen LogP contribution in [-0.4, -0.2) is 70.2 Å². The van der Waals surface area contributed by atoms with Crippen molar-refractivity contribution < 1.29 is 19.1 Å². The average Bonchev–Trinajstić information content (AvgIpc) is 3.52. The van der Waals surface area contributed by atoms with Crippen molar-refractivity contribution in [3.8, 4) is 11.6 Å². The van der Waals surface area contributed by atoms with Crippen LogP contribution in [0.3, 0.4) is 0 Å². The Morgan fingerprint density at radius 1 is 1.09 bits per heavy atom. The molecule has 11 nitrogen and oxygen atoms in total. The van der Waals surface area contributed by atoms with E-state index in [0.29, 0.717) is 23.9 Å². The monoisotopic (exact) mass is 451 g/mol. The van der Waals surface area contributed by atoms with Crippen molar-refractivity contribution in [2.75, 3.05) is 44.0 Å². The molecule has 0 radical (unpaired) electrons. The van der Waals surface area contributed by atoms with Gasteiger partial charge in [-0.05, 0) is 38.1 Å². The molecule has 172 valence electrons. The number of rotatable bonds is 9. The predicted molar refractivity (Wildman–Crippen MR) is 121 cm³/mol. The van der Waals surface area contributed by atoms with Gasteiger partial charge in [0.2, 0.25) is 5.88 Å². The minimum absolute atomic E-state index is 0.102. The van der Waals surface area contributed by atoms with Gasteiger partial charge in [-0.2, -0.15) is 5.10 Å². The van der Waals surface area contributed by atoms with Crippen LogP contribution in [0, 0.1) is 0 Å². The number of likely N-dealkylation sites (tertiary alicyclic amines) is 1. The van der Waals surface area contributed by atoms with E-state index in [0.717, 1.165) is 19.6 Å². The molecule has 33 heavy (non-hydrogen) atoms. The number of pyridine rings is 2. The number of methoxy groups -OCH3 is 1. The lowest BCUT2D eigenvalue weighted by Gasteiger charge is -2.14. The number of amides is 2. The lowest BCUT2D eigenvalue weighted by atomic mass is 10.2. The van der Waals surface area contributed by atoms with Crippen molar-refractivity contribution in [2.24, 2.45) is 0 Å². The predicted octanol–water partition coefficient (Wildman–Crippen LogP) is 2.19. The number of anilines is 2. The fourth-order valence-corrected chi connectivity index (χ4v) is 3.42. The largest absolute Gasteiger partial charge is 0.495 e. The van der Waals surface area contributed by atoms with Crippen molar-refractivity contribution >= 4 is 23.2 Å². The summed E-state index contributed by atoms with van der Waals surface area (Å²) in [4.78, 5) is 35.8. The highest BCUT2D eigenvalue weighted by Crippen LogP contribution is 2.18. The molecule has 0 spiro atoms. The van der Waals surface area contributed by atoms with E-state index in [1.807, 2.05) is 0 Å². The molecule has 0 atom stereocenters. The number of nitrogens with zero attached hydrogens (tertiary/aromatic N) is 4. The van der Waals surface area contributed by atoms with Crippen LogP contribution in [0.15, 0.2) is 43.0 Å². The maximum atomic E-state index is 12.7. The molecule has 0 unspecified atom stereocenters. The molecule has 1 saturated heterocycles. The summed E-state index contributed by atoms with van der Waals surface area (Å²) < 4.78 is 10.8. The van der Waals surface area contributed by atoms with E-state index in [9.17, 15) is 9.59 Å². The molecule has 0 saturated carbocycles. The Kier molecular flexibility index (Phi) is 7.10. The molecule has 4 heterocycles. The molecule has 1 aliphatic rings. The van der Waals surface area contributed by atoms with Gasteiger partial charge in [-0.25, -0.2) is 4.98 Å². The van der Waals surface area contributed by atoms with Crippen molar-refractivity contribution in [3.05, 3.63) is 54.2 Å². The molecule has 1 aliphatic heterocycles. The molecule has 0 aliphatic carbocycles. The summed E-state index contributed by atoms with van der Waals surface area (Å²) in [5.41, 5.74) is 1.10. The molecule has 11 heteroatoms. The van der Waals surface area contributed by atoms with Crippen LogP contribution in [0.1, 0.15) is 33.7 Å². The van der Waals surface area contributed by atoms with Crippen LogP contribution >= 0.6 is 0 Å². The molecule has 3 aromatic rings. The Hall–Kier alpha value is -3.99. The van der Waals surface area contributed by atoms with Crippen LogP contribution < -0.4 is 20.1 Å². The van der Waals surface area contributed by atoms with Crippen LogP contribution in [0.5, 0.6) is 11.6 Å². The molecule has 3 N–H and O–H groups in total. The van der Waals surface area contributed by atoms with Gasteiger partial charge in [0.1, 0.15) is 18.1 Å². The first kappa shape index (κ1) is 22.2. The van der Waals surface area contributed by atoms with Gasteiger partial charge in [0, 0.05) is 18.8 Å². The van der Waals surface area contributed by atoms with E-state index in [4.69, 9.17) is 9.47 Å². The Labute approximate surface area is 190 Å². The number of hydrogen-bond donors (Lipinski definition) is 3. The summed E-state index contributed by atoms with van der Waals surface area (Å²) in [6.07, 6.45) is 8.25. The molecule has 0 aromatic carbocycles. The van der Waals surface area contributed by atoms with Gasteiger partial charge in [-0.1, -0.05) is 0 Å². The number of aromatic amines is 1. The van der Waals surface area contributed by atoms with Gasteiger partial charge in [0.05, 0.1) is 42.6 Å². The Morgan fingerprint density at radius 3 is 2.70 bits per heavy atom. The van der Waals surface area contributed by atoms with Crippen LogP contribution in [0.4, 0.5) is 11.4 Å². The number of carbonyl (C=O) groups is 2. The minimum atomic E-state index is -0.476. The maximum Gasteiger partial charge on any atom is 0.275 e. The van der Waals surface area contributed by atoms with E-state index >= 15 is 0 Å². The first-order valence-corrected chi connectivity index (χ1v) is 10.6. The standard InChI is InChI=1S/C22H25N7O4/c1-32-17-10-15(11-23-13-17)21(30)27-18-14-25-28-20(18)22(31)26-16-4-5-19(24-12-16)33-9-8-29-6-2-3-7-29/h4-5,10-14H,2-3,6-9H2,1H3,(H,25,28)(H,26,31)(H,27,30). The minimum Gasteiger partial charge on any atom is -0.495 e. The smallest absolute Gasteiger partial charge is 0.275 e. The van der Waals surface area contributed by atoms with E-state index in [1.54, 1.807) is 18.2 Å². The summed E-state index contributed by atoms with van der Waals surface area (Å²) in [6.45, 7) is 3.68. The zero-order valence-electron chi connectivity index (χ0n) is 18.2. The zero-order chi connectivity index (χ0) is 23.0. The summed E-state index contributed by atoms with van der Waals surface area (Å²) >= 11 is 0. The van der Waals surface area contributed by atoms with Crippen molar-refractivity contribution in [1.29, 1.82) is 0 Å². The zero-order valence-corrected chi connectivity index (χ0v) is 18.2. The summed E-state index contributed by atoms with van der Waals surface area (Å²) in [5, 5.41) is 11.8. The topological polar surface area (TPSA) is 134 Å². The molecule has 1 fully saturated rings. The van der Waals surface area contributed by atoms with Gasteiger partial charge in [0.25, 0.3) is 11.8 Å². The number of aromatic nitrogens is 4. The van der Waals surface area contributed by atoms with Gasteiger partial charge in [0.15, 0.2) is 0 Å². The highest BCUT2D eigenvalue weighted by atomic mass is 16.5. The highest BCUT2D eigenvalue weighted by molar-refractivity contribution is 6.11. The average molecular weight is 451 g/mol. The molecule has 2 amide bonds. The fourth-order valence-electron chi connectivity index (χ4n) is 3.42. The Morgan fingerprint density at radius 2 is 1.94 bits per heavy atom. The van der Waals surface area contributed by atoms with E-state index in [2.05, 4.69) is 35.7 Å². The summed E-state index contributed by atoms with van der Waals surface area (Å²) in [6, 6.07) is 4.94. The van der Waals surface area contributed by atoms with Crippen LogP contribution in [0.2, 0.25) is 0 Å². The Balaban J connectivity index is 1.32. The van der Waals surface area contributed by atoms with Crippen LogP contribution in [-0.2, 0) is 0 Å². The molecule has 0 bridgehead atoms. The van der Waals surface area contributed by atoms with Gasteiger partial charge >= 0.3 is 0 Å². The number of H-pyrrole nitrogens is 1. The lowest BCUT2D eigenvalue weighted by molar-refractivity contribution is 0.102. The van der Waals surface area contributed by atoms with Gasteiger partial charge in [-0.15, -0.1) is 0 Å². The maximum absolute atomic E-state index is 12.7. The van der Waals surface area contributed by atoms with Gasteiger partial charge in [-0.3, -0.25) is 24.6 Å². The fraction of sp³-hybridized carbons (Fsp3) is 0.318. The molecule has 4 rings (SSSR count). The van der Waals surface area contributed by atoms with Gasteiger partial charge < -0.3 is 20.1 Å². The van der Waals surface area contributed by atoms with E-state index in [1.165, 1.54) is 44.7 Å². The summed E-state index contributed by atoms with van der Waals surface area (Å²) in [5.74, 6) is 0.0161. The molecule has 3 aromatic heterocycles. The highest BCUT2D eigenvalue weighted by Gasteiger charge is 2.18. The van der Waals surface area contributed by atoms with Crippen molar-refractivity contribution in [3.63, 3.8) is 0 Å². The quantitative estimate of drug-likeness (QED) is 0.451. The molecular weight excluding hydrogens is 426 g/mol. The number of hydrogen-bond acceptors (Lipinski definition) is 8. The third-order valence-corrected chi connectivity index (χ3v) is 5.18.